The second-order valence-corrected chi connectivity index (χ2v) is 3.28. The van der Waals surface area contributed by atoms with Gasteiger partial charge in [0.25, 0.3) is 0 Å². The van der Waals surface area contributed by atoms with Crippen molar-refractivity contribution in [3.8, 4) is 6.07 Å². The highest BCUT2D eigenvalue weighted by atomic mass is 16.5. The molecule has 7 nitrogen and oxygen atoms in total. The van der Waals surface area contributed by atoms with Gasteiger partial charge in [-0.25, -0.2) is 4.79 Å². The lowest BCUT2D eigenvalue weighted by Crippen LogP contribution is -2.38. The molecule has 1 rings (SSSR count). The van der Waals surface area contributed by atoms with Crippen LogP contribution in [0, 0.1) is 17.2 Å². The smallest absolute Gasteiger partial charge is 0.333 e. The van der Waals surface area contributed by atoms with Crippen LogP contribution in [0.3, 0.4) is 0 Å². The molecule has 0 aliphatic carbocycles. The largest absolute Gasteiger partial charge is 0.466 e. The van der Waals surface area contributed by atoms with E-state index in [0.717, 1.165) is 0 Å². The zero-order valence-corrected chi connectivity index (χ0v) is 9.62. The zero-order valence-electron chi connectivity index (χ0n) is 9.62. The minimum Gasteiger partial charge on any atom is -0.466 e. The maximum atomic E-state index is 11.6. The predicted octanol–water partition coefficient (Wildman–Crippen LogP) is 0.455. The van der Waals surface area contributed by atoms with Crippen molar-refractivity contribution in [1.82, 2.24) is 0 Å². The predicted molar refractivity (Wildman–Crippen MR) is 54.8 cm³/mol. The van der Waals surface area contributed by atoms with Crippen molar-refractivity contribution in [2.75, 3.05) is 13.2 Å². The Bertz CT molecular complexity index is 374. The summed E-state index contributed by atoms with van der Waals surface area (Å²) in [6.07, 6.45) is 0. The number of nitrogens with zero attached hydrogens (tertiary/aromatic N) is 3. The van der Waals surface area contributed by atoms with Gasteiger partial charge in [0.2, 0.25) is 0 Å². The van der Waals surface area contributed by atoms with Gasteiger partial charge in [-0.2, -0.15) is 15.5 Å². The third kappa shape index (κ3) is 2.78. The highest BCUT2D eigenvalue weighted by molar-refractivity contribution is 5.86. The van der Waals surface area contributed by atoms with E-state index in [9.17, 15) is 9.59 Å². The Kier molecular flexibility index (Phi) is 4.57. The summed E-state index contributed by atoms with van der Waals surface area (Å²) in [6, 6.07) is -0.242. The fourth-order valence-electron chi connectivity index (χ4n) is 1.48. The third-order valence-corrected chi connectivity index (χ3v) is 2.21. The van der Waals surface area contributed by atoms with Crippen molar-refractivity contribution >= 4 is 11.9 Å². The van der Waals surface area contributed by atoms with E-state index in [1.807, 2.05) is 6.07 Å². The maximum Gasteiger partial charge on any atom is 0.333 e. The number of rotatable bonds is 4. The van der Waals surface area contributed by atoms with Gasteiger partial charge in [-0.3, -0.25) is 4.79 Å². The average Bonchev–Trinajstić information content (AvgIpc) is 2.73. The molecular weight excluding hydrogens is 226 g/mol. The first-order chi connectivity index (χ1) is 8.15. The average molecular weight is 239 g/mol. The second-order valence-electron chi connectivity index (χ2n) is 3.28. The van der Waals surface area contributed by atoms with Crippen LogP contribution in [0.1, 0.15) is 13.8 Å². The van der Waals surface area contributed by atoms with Gasteiger partial charge < -0.3 is 9.47 Å². The van der Waals surface area contributed by atoms with Gasteiger partial charge in [0, 0.05) is 0 Å². The van der Waals surface area contributed by atoms with Crippen LogP contribution in [0.15, 0.2) is 10.2 Å². The SMILES string of the molecule is CCOC(=O)[C@@H]1[C@H](C#N)N=N[C@H]1C(=O)OCC. The molecule has 3 atom stereocenters. The van der Waals surface area contributed by atoms with E-state index < -0.39 is 29.9 Å². The van der Waals surface area contributed by atoms with Gasteiger partial charge in [-0.15, -0.1) is 0 Å². The lowest BCUT2D eigenvalue weighted by molar-refractivity contribution is -0.155. The molecule has 0 spiro atoms. The summed E-state index contributed by atoms with van der Waals surface area (Å²) in [5.74, 6) is -2.31. The number of hydrogen-bond donors (Lipinski definition) is 0. The Hall–Kier alpha value is -1.97. The summed E-state index contributed by atoms with van der Waals surface area (Å²) in [6.45, 7) is 3.63. The zero-order chi connectivity index (χ0) is 12.8. The van der Waals surface area contributed by atoms with Crippen LogP contribution >= 0.6 is 0 Å². The first kappa shape index (κ1) is 13.1. The first-order valence-corrected chi connectivity index (χ1v) is 5.28. The molecule has 0 saturated heterocycles. The topological polar surface area (TPSA) is 101 Å². The fourth-order valence-corrected chi connectivity index (χ4v) is 1.48. The number of azo groups is 1. The van der Waals surface area contributed by atoms with Gasteiger partial charge >= 0.3 is 11.9 Å². The number of esters is 2. The molecule has 0 unspecified atom stereocenters. The standard InChI is InChI=1S/C10H13N3O4/c1-3-16-9(14)7-6(5-11)12-13-8(7)10(15)17-4-2/h6-8H,3-4H2,1-2H3/t6-,7+,8+/m0/s1. The molecule has 0 amide bonds. The Labute approximate surface area is 98.4 Å². The lowest BCUT2D eigenvalue weighted by atomic mass is 9.95. The highest BCUT2D eigenvalue weighted by Crippen LogP contribution is 2.25. The van der Waals surface area contributed by atoms with E-state index in [4.69, 9.17) is 14.7 Å². The number of ether oxygens (including phenoxy) is 2. The van der Waals surface area contributed by atoms with Crippen LogP contribution < -0.4 is 0 Å². The van der Waals surface area contributed by atoms with E-state index in [2.05, 4.69) is 10.2 Å². The number of nitriles is 1. The molecule has 7 heteroatoms. The molecule has 0 aromatic carbocycles. The van der Waals surface area contributed by atoms with E-state index >= 15 is 0 Å². The van der Waals surface area contributed by atoms with E-state index in [1.165, 1.54) is 0 Å². The van der Waals surface area contributed by atoms with Crippen molar-refractivity contribution in [3.05, 3.63) is 0 Å². The minimum atomic E-state index is -1.07. The Morgan fingerprint density at radius 2 is 1.76 bits per heavy atom. The maximum absolute atomic E-state index is 11.6. The molecule has 92 valence electrons. The van der Waals surface area contributed by atoms with Crippen LogP contribution in [-0.4, -0.2) is 37.2 Å². The molecule has 0 saturated carbocycles. The van der Waals surface area contributed by atoms with Crippen molar-refractivity contribution in [2.45, 2.75) is 25.9 Å². The summed E-state index contributed by atoms with van der Waals surface area (Å²) in [5, 5.41) is 16.0. The van der Waals surface area contributed by atoms with E-state index in [-0.39, 0.29) is 13.2 Å². The molecule has 0 bridgehead atoms. The monoisotopic (exact) mass is 239 g/mol. The second kappa shape index (κ2) is 5.94. The summed E-state index contributed by atoms with van der Waals surface area (Å²) in [7, 11) is 0. The molecular formula is C10H13N3O4. The summed E-state index contributed by atoms with van der Waals surface area (Å²) in [5.41, 5.74) is 0. The quantitative estimate of drug-likeness (QED) is 0.663. The molecule has 0 fully saturated rings. The minimum absolute atomic E-state index is 0.170. The number of carbonyl (C=O) groups excluding carboxylic acids is 2. The lowest BCUT2D eigenvalue weighted by Gasteiger charge is -2.15. The summed E-state index contributed by atoms with van der Waals surface area (Å²) in [4.78, 5) is 23.2. The number of hydrogen-bond acceptors (Lipinski definition) is 7. The van der Waals surface area contributed by atoms with Gasteiger partial charge in [-0.1, -0.05) is 0 Å². The van der Waals surface area contributed by atoms with Crippen LogP contribution in [0.25, 0.3) is 0 Å². The van der Waals surface area contributed by atoms with Crippen molar-refractivity contribution in [1.29, 1.82) is 5.26 Å². The van der Waals surface area contributed by atoms with Gasteiger partial charge in [0.15, 0.2) is 12.1 Å². The molecule has 1 aliphatic rings. The normalized spacial score (nSPS) is 26.3. The summed E-state index contributed by atoms with van der Waals surface area (Å²) >= 11 is 0. The molecule has 1 aliphatic heterocycles. The van der Waals surface area contributed by atoms with Crippen molar-refractivity contribution in [3.63, 3.8) is 0 Å². The molecule has 1 heterocycles. The van der Waals surface area contributed by atoms with Crippen LogP contribution in [-0.2, 0) is 19.1 Å². The van der Waals surface area contributed by atoms with Crippen LogP contribution in [0.2, 0.25) is 0 Å². The molecule has 0 N–H and O–H groups in total. The molecule has 17 heavy (non-hydrogen) atoms. The molecule has 0 aromatic heterocycles. The van der Waals surface area contributed by atoms with Gasteiger partial charge in [0.05, 0.1) is 19.3 Å². The van der Waals surface area contributed by atoms with E-state index in [1.54, 1.807) is 13.8 Å². The summed E-state index contributed by atoms with van der Waals surface area (Å²) < 4.78 is 9.57. The first-order valence-electron chi connectivity index (χ1n) is 5.28. The van der Waals surface area contributed by atoms with Gasteiger partial charge in [0.1, 0.15) is 5.92 Å². The Morgan fingerprint density at radius 1 is 1.18 bits per heavy atom. The van der Waals surface area contributed by atoms with E-state index in [0.29, 0.717) is 0 Å². The number of carbonyl (C=O) groups is 2. The van der Waals surface area contributed by atoms with Crippen LogP contribution in [0.5, 0.6) is 0 Å². The van der Waals surface area contributed by atoms with Gasteiger partial charge in [-0.05, 0) is 13.8 Å². The third-order valence-electron chi connectivity index (χ3n) is 2.21. The van der Waals surface area contributed by atoms with Crippen molar-refractivity contribution in [2.24, 2.45) is 16.1 Å². The Balaban J connectivity index is 2.83. The Morgan fingerprint density at radius 3 is 2.29 bits per heavy atom. The van der Waals surface area contributed by atoms with Crippen molar-refractivity contribution < 1.29 is 19.1 Å². The fraction of sp³-hybridized carbons (Fsp3) is 0.700. The van der Waals surface area contributed by atoms with Crippen LogP contribution in [0.4, 0.5) is 0 Å². The molecule has 0 aromatic rings. The molecule has 0 radical (unpaired) electrons. The highest BCUT2D eigenvalue weighted by Gasteiger charge is 2.46.